The molecule has 0 saturated carbocycles. The topological polar surface area (TPSA) is 146 Å². The van der Waals surface area contributed by atoms with Gasteiger partial charge in [0.1, 0.15) is 24.2 Å². The van der Waals surface area contributed by atoms with E-state index < -0.39 is 48.0 Å². The zero-order chi connectivity index (χ0) is 39.3. The van der Waals surface area contributed by atoms with Gasteiger partial charge >= 0.3 is 0 Å². The molecular formula is C42H65N5O6. The number of ether oxygens (including phenoxy) is 1. The van der Waals surface area contributed by atoms with E-state index in [9.17, 15) is 24.0 Å². The number of benzene rings is 2. The standard InChI is InChI=1S/C42H65N5O6/c1-9-53-31(6)39(49)35(26-29(2)3)44-42(52)37(28-33-20-14-11-15-21-33)46-41(51)36(27-30(4)5)45-40(50)34(24-23-32-18-12-10-13-19-32)43-38(48)22-16-17-25-47(7)8/h10-15,18-21,29-31,34-37H,9,16-17,22-28H2,1-8H3,(H,43,48)(H,44,52)(H,45,50)(H,46,51)/t31?,34-,35?,36?,37-/m0/s1. The molecule has 0 bridgehead atoms. The summed E-state index contributed by atoms with van der Waals surface area (Å²) in [5.41, 5.74) is 1.85. The fourth-order valence-corrected chi connectivity index (χ4v) is 6.12. The first-order valence-electron chi connectivity index (χ1n) is 19.3. The first kappa shape index (κ1) is 45.1. The number of Topliss-reactive ketones (excluding diaryl/α,β-unsaturated/α-hetero) is 1. The number of nitrogens with one attached hydrogen (secondary N) is 4. The van der Waals surface area contributed by atoms with Crippen molar-refractivity contribution in [3.63, 3.8) is 0 Å². The van der Waals surface area contributed by atoms with Crippen LogP contribution in [0.5, 0.6) is 0 Å². The van der Waals surface area contributed by atoms with Gasteiger partial charge in [-0.3, -0.25) is 24.0 Å². The minimum absolute atomic E-state index is 0.0228. The normalized spacial score (nSPS) is 14.2. The van der Waals surface area contributed by atoms with Crippen LogP contribution >= 0.6 is 0 Å². The van der Waals surface area contributed by atoms with Crippen molar-refractivity contribution in [2.75, 3.05) is 27.2 Å². The number of carbonyl (C=O) groups is 5. The van der Waals surface area contributed by atoms with Crippen LogP contribution in [0.3, 0.4) is 0 Å². The molecule has 11 nitrogen and oxygen atoms in total. The predicted octanol–water partition coefficient (Wildman–Crippen LogP) is 4.62. The van der Waals surface area contributed by atoms with Gasteiger partial charge in [-0.05, 0) is 96.0 Å². The van der Waals surface area contributed by atoms with Crippen LogP contribution in [-0.2, 0) is 41.6 Å². The van der Waals surface area contributed by atoms with Crippen LogP contribution in [0.15, 0.2) is 60.7 Å². The van der Waals surface area contributed by atoms with E-state index in [0.29, 0.717) is 45.1 Å². The molecule has 0 saturated heterocycles. The summed E-state index contributed by atoms with van der Waals surface area (Å²) >= 11 is 0. The molecule has 4 N–H and O–H groups in total. The van der Waals surface area contributed by atoms with Crippen molar-refractivity contribution >= 4 is 29.4 Å². The molecule has 5 atom stereocenters. The minimum Gasteiger partial charge on any atom is -0.371 e. The molecule has 0 heterocycles. The van der Waals surface area contributed by atoms with Crippen LogP contribution in [0, 0.1) is 11.8 Å². The third-order valence-corrected chi connectivity index (χ3v) is 8.92. The van der Waals surface area contributed by atoms with Gasteiger partial charge in [0.05, 0.1) is 6.04 Å². The number of unbranched alkanes of at least 4 members (excludes halogenated alkanes) is 1. The zero-order valence-electron chi connectivity index (χ0n) is 33.3. The lowest BCUT2D eigenvalue weighted by Crippen LogP contribution is -2.59. The molecular weight excluding hydrogens is 670 g/mol. The highest BCUT2D eigenvalue weighted by Crippen LogP contribution is 2.13. The first-order chi connectivity index (χ1) is 25.2. The monoisotopic (exact) mass is 735 g/mol. The van der Waals surface area contributed by atoms with E-state index in [-0.39, 0.29) is 29.9 Å². The molecule has 3 unspecified atom stereocenters. The van der Waals surface area contributed by atoms with Crippen LogP contribution in [-0.4, -0.2) is 91.8 Å². The largest absolute Gasteiger partial charge is 0.371 e. The van der Waals surface area contributed by atoms with Crippen molar-refractivity contribution in [2.45, 2.75) is 123 Å². The molecule has 0 aliphatic carbocycles. The third kappa shape index (κ3) is 18.0. The number of carbonyl (C=O) groups excluding carboxylic acids is 5. The molecule has 4 amide bonds. The van der Waals surface area contributed by atoms with Gasteiger partial charge in [-0.2, -0.15) is 0 Å². The van der Waals surface area contributed by atoms with Crippen LogP contribution < -0.4 is 21.3 Å². The summed E-state index contributed by atoms with van der Waals surface area (Å²) in [7, 11) is 3.97. The molecule has 0 aliphatic rings. The molecule has 294 valence electrons. The quantitative estimate of drug-likeness (QED) is 0.109. The fraction of sp³-hybridized carbons (Fsp3) is 0.595. The van der Waals surface area contributed by atoms with E-state index >= 15 is 0 Å². The Bertz CT molecular complexity index is 1400. The highest BCUT2D eigenvalue weighted by atomic mass is 16.5. The smallest absolute Gasteiger partial charge is 0.243 e. The van der Waals surface area contributed by atoms with Crippen molar-refractivity contribution in [1.82, 2.24) is 26.2 Å². The molecule has 2 aromatic rings. The van der Waals surface area contributed by atoms with Gasteiger partial charge in [0, 0.05) is 19.4 Å². The first-order valence-corrected chi connectivity index (χ1v) is 19.3. The van der Waals surface area contributed by atoms with E-state index in [4.69, 9.17) is 4.74 Å². The van der Waals surface area contributed by atoms with Gasteiger partial charge in [-0.25, -0.2) is 0 Å². The average molecular weight is 736 g/mol. The lowest BCUT2D eigenvalue weighted by Gasteiger charge is -2.28. The Morgan fingerprint density at radius 1 is 0.642 bits per heavy atom. The third-order valence-electron chi connectivity index (χ3n) is 8.92. The van der Waals surface area contributed by atoms with Crippen molar-refractivity contribution < 1.29 is 28.7 Å². The van der Waals surface area contributed by atoms with Gasteiger partial charge in [0.25, 0.3) is 0 Å². The van der Waals surface area contributed by atoms with Gasteiger partial charge in [-0.1, -0.05) is 88.4 Å². The number of ketones is 1. The predicted molar refractivity (Wildman–Crippen MR) is 210 cm³/mol. The summed E-state index contributed by atoms with van der Waals surface area (Å²) in [6.45, 7) is 12.6. The van der Waals surface area contributed by atoms with Crippen LogP contribution in [0.2, 0.25) is 0 Å². The van der Waals surface area contributed by atoms with E-state index in [1.165, 1.54) is 0 Å². The number of nitrogens with zero attached hydrogens (tertiary/aromatic N) is 1. The van der Waals surface area contributed by atoms with Gasteiger partial charge in [-0.15, -0.1) is 0 Å². The molecule has 2 aromatic carbocycles. The highest BCUT2D eigenvalue weighted by Gasteiger charge is 2.33. The zero-order valence-corrected chi connectivity index (χ0v) is 33.3. The molecule has 0 spiro atoms. The Morgan fingerprint density at radius 3 is 1.72 bits per heavy atom. The Hall–Kier alpha value is -4.09. The summed E-state index contributed by atoms with van der Waals surface area (Å²) in [6.07, 6.45) is 2.92. The van der Waals surface area contributed by atoms with Gasteiger partial charge in [0.2, 0.25) is 23.6 Å². The lowest BCUT2D eigenvalue weighted by atomic mass is 9.96. The molecule has 0 fully saturated rings. The molecule has 53 heavy (non-hydrogen) atoms. The molecule has 0 aliphatic heterocycles. The van der Waals surface area contributed by atoms with Crippen LogP contribution in [0.4, 0.5) is 0 Å². The number of hydrogen-bond donors (Lipinski definition) is 4. The fourth-order valence-electron chi connectivity index (χ4n) is 6.12. The number of hydrogen-bond acceptors (Lipinski definition) is 7. The maximum atomic E-state index is 14.1. The summed E-state index contributed by atoms with van der Waals surface area (Å²) in [4.78, 5) is 70.4. The Balaban J connectivity index is 2.32. The average Bonchev–Trinajstić information content (AvgIpc) is 3.11. The molecule has 0 radical (unpaired) electrons. The van der Waals surface area contributed by atoms with E-state index in [1.807, 2.05) is 109 Å². The summed E-state index contributed by atoms with van der Waals surface area (Å²) in [5.74, 6) is -1.79. The SMILES string of the molecule is CCOC(C)C(=O)C(CC(C)C)NC(=O)[C@H](Cc1ccccc1)NC(=O)C(CC(C)C)NC(=O)[C@H](CCc1ccccc1)NC(=O)CCCCN(C)C. The highest BCUT2D eigenvalue weighted by molar-refractivity contribution is 5.96. The Morgan fingerprint density at radius 2 is 1.15 bits per heavy atom. The Kier molecular flexibility index (Phi) is 20.6. The van der Waals surface area contributed by atoms with Crippen molar-refractivity contribution in [3.05, 3.63) is 71.8 Å². The number of rotatable bonds is 25. The van der Waals surface area contributed by atoms with Gasteiger partial charge < -0.3 is 30.9 Å². The van der Waals surface area contributed by atoms with Gasteiger partial charge in [0.15, 0.2) is 5.78 Å². The Labute approximate surface area is 317 Å². The van der Waals surface area contributed by atoms with Crippen molar-refractivity contribution in [2.24, 2.45) is 11.8 Å². The van der Waals surface area contributed by atoms with E-state index in [2.05, 4.69) is 26.2 Å². The van der Waals surface area contributed by atoms with E-state index in [1.54, 1.807) is 6.92 Å². The lowest BCUT2D eigenvalue weighted by molar-refractivity contribution is -0.137. The second kappa shape index (κ2) is 24.3. The summed E-state index contributed by atoms with van der Waals surface area (Å²) < 4.78 is 5.55. The van der Waals surface area contributed by atoms with Crippen molar-refractivity contribution in [1.29, 1.82) is 0 Å². The summed E-state index contributed by atoms with van der Waals surface area (Å²) in [5, 5.41) is 11.7. The second-order valence-electron chi connectivity index (χ2n) is 15.0. The molecule has 11 heteroatoms. The number of amides is 4. The molecule has 0 aromatic heterocycles. The minimum atomic E-state index is -1.03. The van der Waals surface area contributed by atoms with Crippen LogP contribution in [0.1, 0.15) is 91.2 Å². The van der Waals surface area contributed by atoms with Crippen LogP contribution in [0.25, 0.3) is 0 Å². The summed E-state index contributed by atoms with van der Waals surface area (Å²) in [6, 6.07) is 15.4. The van der Waals surface area contributed by atoms with E-state index in [0.717, 1.165) is 24.1 Å². The maximum Gasteiger partial charge on any atom is 0.243 e. The number of aryl methyl sites for hydroxylation is 1. The van der Waals surface area contributed by atoms with Crippen molar-refractivity contribution in [3.8, 4) is 0 Å². The molecule has 2 rings (SSSR count). The maximum absolute atomic E-state index is 14.1. The second-order valence-corrected chi connectivity index (χ2v) is 15.0.